The van der Waals surface area contributed by atoms with E-state index in [-0.39, 0.29) is 47.8 Å². The molecule has 6 heteroatoms. The summed E-state index contributed by atoms with van der Waals surface area (Å²) in [5.74, 6) is 0.486. The molecule has 0 aliphatic rings. The molecule has 1 aromatic carbocycles. The molecule has 168 valence electrons. The van der Waals surface area contributed by atoms with Gasteiger partial charge in [-0.2, -0.15) is 0 Å². The van der Waals surface area contributed by atoms with Crippen LogP contribution in [0, 0.1) is 0 Å². The number of aryl methyl sites for hydroxylation is 2. The summed E-state index contributed by atoms with van der Waals surface area (Å²) in [6.45, 7) is 6.29. The summed E-state index contributed by atoms with van der Waals surface area (Å²) in [4.78, 5) is 0. The van der Waals surface area contributed by atoms with Gasteiger partial charge >= 0.3 is 29.6 Å². The van der Waals surface area contributed by atoms with Crippen molar-refractivity contribution < 1.29 is 47.3 Å². The van der Waals surface area contributed by atoms with Crippen LogP contribution in [0.1, 0.15) is 103 Å². The molecule has 30 heavy (non-hydrogen) atoms. The molecule has 0 N–H and O–H groups in total. The molecule has 0 saturated heterocycles. The Morgan fingerprint density at radius 1 is 0.900 bits per heavy atom. The number of hydrogen-bond acceptors (Lipinski definition) is 4. The molecule has 0 aromatic heterocycles. The van der Waals surface area contributed by atoms with Gasteiger partial charge in [0.15, 0.2) is 0 Å². The third-order valence-electron chi connectivity index (χ3n) is 5.35. The van der Waals surface area contributed by atoms with E-state index in [0.717, 1.165) is 25.0 Å². The van der Waals surface area contributed by atoms with Gasteiger partial charge in [0.05, 0.1) is 16.2 Å². The van der Waals surface area contributed by atoms with Crippen LogP contribution < -0.4 is 34.3 Å². The molecule has 1 aromatic rings. The smallest absolute Gasteiger partial charge is 0.748 e. The van der Waals surface area contributed by atoms with E-state index in [1.807, 2.05) is 6.92 Å². The van der Waals surface area contributed by atoms with Crippen molar-refractivity contribution in [1.82, 2.24) is 0 Å². The standard InChI is InChI=1S/C24H42O4S.Na/c1-4-6-8-10-12-14-22-16-17-23(15-13-11-9-7-5-2)24(20-22)28-21(3)18-19-29(25,26)27;/h16-17,20-21H,4-15,18-19H2,1-3H3,(H,25,26,27);/q;+1/p-1. The van der Waals surface area contributed by atoms with E-state index >= 15 is 0 Å². The predicted molar refractivity (Wildman–Crippen MR) is 121 cm³/mol. The summed E-state index contributed by atoms with van der Waals surface area (Å²) < 4.78 is 38.9. The van der Waals surface area contributed by atoms with Gasteiger partial charge in [0, 0.05) is 5.75 Å². The first-order valence-electron chi connectivity index (χ1n) is 11.6. The molecule has 0 fully saturated rings. The molecule has 0 spiro atoms. The molecule has 0 radical (unpaired) electrons. The number of hydrogen-bond donors (Lipinski definition) is 0. The number of unbranched alkanes of at least 4 members (excludes halogenated alkanes) is 8. The summed E-state index contributed by atoms with van der Waals surface area (Å²) in [6.07, 6.45) is 14.4. The second kappa shape index (κ2) is 17.5. The van der Waals surface area contributed by atoms with Gasteiger partial charge in [0.25, 0.3) is 0 Å². The summed E-state index contributed by atoms with van der Waals surface area (Å²) in [5, 5.41) is 0. The van der Waals surface area contributed by atoms with Crippen molar-refractivity contribution in [1.29, 1.82) is 0 Å². The Balaban J connectivity index is 0.00000841. The molecule has 0 aliphatic heterocycles. The van der Waals surface area contributed by atoms with Crippen molar-refractivity contribution >= 4 is 10.1 Å². The maximum atomic E-state index is 10.9. The van der Waals surface area contributed by atoms with Crippen LogP contribution in [-0.4, -0.2) is 24.8 Å². The topological polar surface area (TPSA) is 66.4 Å². The first kappa shape index (κ1) is 29.9. The zero-order valence-electron chi connectivity index (χ0n) is 19.8. The average Bonchev–Trinajstić information content (AvgIpc) is 2.67. The fraction of sp³-hybridized carbons (Fsp3) is 0.750. The zero-order chi connectivity index (χ0) is 21.5. The number of benzene rings is 1. The van der Waals surface area contributed by atoms with Crippen LogP contribution in [0.4, 0.5) is 0 Å². The van der Waals surface area contributed by atoms with E-state index in [0.29, 0.717) is 0 Å². The molecule has 0 aliphatic carbocycles. The van der Waals surface area contributed by atoms with Crippen LogP contribution in [0.2, 0.25) is 0 Å². The van der Waals surface area contributed by atoms with E-state index in [4.69, 9.17) is 4.74 Å². The Kier molecular flexibility index (Phi) is 17.4. The van der Waals surface area contributed by atoms with Crippen LogP contribution >= 0.6 is 0 Å². The van der Waals surface area contributed by atoms with Gasteiger partial charge in [0.2, 0.25) is 0 Å². The summed E-state index contributed by atoms with van der Waals surface area (Å²) >= 11 is 0. The Labute approximate surface area is 207 Å². The van der Waals surface area contributed by atoms with Gasteiger partial charge in [-0.05, 0) is 56.2 Å². The van der Waals surface area contributed by atoms with E-state index < -0.39 is 10.1 Å². The Morgan fingerprint density at radius 2 is 1.47 bits per heavy atom. The molecule has 0 saturated carbocycles. The van der Waals surface area contributed by atoms with Crippen molar-refractivity contribution in [2.45, 2.75) is 110 Å². The molecule has 0 bridgehead atoms. The third-order valence-corrected chi connectivity index (χ3v) is 6.09. The summed E-state index contributed by atoms with van der Waals surface area (Å²) in [7, 11) is -4.20. The van der Waals surface area contributed by atoms with Crippen LogP contribution in [0.15, 0.2) is 18.2 Å². The van der Waals surface area contributed by atoms with Gasteiger partial charge in [0.1, 0.15) is 5.75 Å². The van der Waals surface area contributed by atoms with E-state index in [2.05, 4.69) is 32.0 Å². The average molecular weight is 449 g/mol. The van der Waals surface area contributed by atoms with Crippen molar-refractivity contribution in [3.05, 3.63) is 29.3 Å². The van der Waals surface area contributed by atoms with E-state index in [9.17, 15) is 13.0 Å². The first-order chi connectivity index (χ1) is 13.9. The quantitative estimate of drug-likeness (QED) is 0.208. The first-order valence-corrected chi connectivity index (χ1v) is 13.2. The number of ether oxygens (including phenoxy) is 1. The predicted octanol–water partition coefficient (Wildman–Crippen LogP) is 3.42. The fourth-order valence-corrected chi connectivity index (χ4v) is 4.13. The van der Waals surface area contributed by atoms with Gasteiger partial charge < -0.3 is 9.29 Å². The second-order valence-electron chi connectivity index (χ2n) is 8.25. The van der Waals surface area contributed by atoms with Gasteiger partial charge in [-0.15, -0.1) is 0 Å². The number of rotatable bonds is 17. The third kappa shape index (κ3) is 14.9. The van der Waals surface area contributed by atoms with Gasteiger partial charge in [-0.1, -0.05) is 77.3 Å². The normalized spacial score (nSPS) is 12.4. The molecular weight excluding hydrogens is 407 g/mol. The Hall–Kier alpha value is -0.0700. The van der Waals surface area contributed by atoms with Crippen molar-refractivity contribution in [3.8, 4) is 5.75 Å². The molecule has 1 rings (SSSR count). The molecule has 0 amide bonds. The van der Waals surface area contributed by atoms with E-state index in [1.165, 1.54) is 68.9 Å². The Bertz CT molecular complexity index is 661. The monoisotopic (exact) mass is 448 g/mol. The molecule has 4 nitrogen and oxygen atoms in total. The maximum absolute atomic E-state index is 10.9. The molecule has 0 heterocycles. The maximum Gasteiger partial charge on any atom is 1.00 e. The largest absolute Gasteiger partial charge is 1.00 e. The van der Waals surface area contributed by atoms with Crippen molar-refractivity contribution in [2.75, 3.05) is 5.75 Å². The zero-order valence-corrected chi connectivity index (χ0v) is 22.6. The van der Waals surface area contributed by atoms with Crippen LogP contribution in [0.25, 0.3) is 0 Å². The minimum absolute atomic E-state index is 0. The molecular formula is C24H41NaO4S. The summed E-state index contributed by atoms with van der Waals surface area (Å²) in [6, 6.07) is 6.51. The second-order valence-corrected chi connectivity index (χ2v) is 9.77. The van der Waals surface area contributed by atoms with Crippen molar-refractivity contribution in [2.24, 2.45) is 0 Å². The minimum atomic E-state index is -4.20. The van der Waals surface area contributed by atoms with Crippen LogP contribution in [-0.2, 0) is 23.0 Å². The van der Waals surface area contributed by atoms with Crippen LogP contribution in [0.3, 0.4) is 0 Å². The van der Waals surface area contributed by atoms with E-state index in [1.54, 1.807) is 0 Å². The van der Waals surface area contributed by atoms with Crippen LogP contribution in [0.5, 0.6) is 5.75 Å². The van der Waals surface area contributed by atoms with Crippen molar-refractivity contribution in [3.63, 3.8) is 0 Å². The van der Waals surface area contributed by atoms with Gasteiger partial charge in [-0.3, -0.25) is 0 Å². The summed E-state index contributed by atoms with van der Waals surface area (Å²) in [5.41, 5.74) is 2.46. The van der Waals surface area contributed by atoms with Gasteiger partial charge in [-0.25, -0.2) is 8.42 Å². The SMILES string of the molecule is CCCCCCCc1ccc(CCCCCCC)c(OC(C)CCS(=O)(=O)[O-])c1.[Na+]. The Morgan fingerprint density at radius 3 is 2.03 bits per heavy atom. The minimum Gasteiger partial charge on any atom is -0.748 e. The molecule has 1 unspecified atom stereocenters. The molecule has 1 atom stereocenters. The fourth-order valence-electron chi connectivity index (χ4n) is 3.51.